The number of carbonyl (C=O) groups is 2. The number of carbonyl (C=O) groups excluding carboxylic acids is 1. The summed E-state index contributed by atoms with van der Waals surface area (Å²) in [6.45, 7) is 4.97. The van der Waals surface area contributed by atoms with E-state index in [0.29, 0.717) is 41.9 Å². The molecular weight excluding hydrogens is 458 g/mol. The number of benzene rings is 2. The lowest BCUT2D eigenvalue weighted by atomic mass is 10.1. The van der Waals surface area contributed by atoms with Gasteiger partial charge in [-0.15, -0.1) is 0 Å². The number of ether oxygens (including phenoxy) is 2. The SMILES string of the molecule is CCCOc1cc(OC(CC)C(=O)O)cc2c3c(C(N)=O)cccc3n(CCCCCCCC#N)c12. The molecule has 1 atom stereocenters. The molecule has 36 heavy (non-hydrogen) atoms. The minimum absolute atomic E-state index is 0.307. The molecule has 8 heteroatoms. The Hall–Kier alpha value is -3.73. The number of carboxylic acid groups (broad SMARTS) is 1. The Morgan fingerprint density at radius 1 is 1.14 bits per heavy atom. The maximum absolute atomic E-state index is 12.4. The molecule has 0 saturated heterocycles. The first kappa shape index (κ1) is 26.9. The molecule has 1 aromatic heterocycles. The van der Waals surface area contributed by atoms with E-state index >= 15 is 0 Å². The summed E-state index contributed by atoms with van der Waals surface area (Å²) in [5, 5.41) is 19.7. The lowest BCUT2D eigenvalue weighted by Crippen LogP contribution is -2.25. The topological polar surface area (TPSA) is 128 Å². The molecule has 0 aliphatic carbocycles. The molecule has 0 aliphatic heterocycles. The Bertz CT molecular complexity index is 1260. The maximum atomic E-state index is 12.4. The van der Waals surface area contributed by atoms with Crippen LogP contribution in [0.15, 0.2) is 30.3 Å². The molecule has 0 spiro atoms. The quantitative estimate of drug-likeness (QED) is 0.258. The van der Waals surface area contributed by atoms with E-state index in [4.69, 9.17) is 20.5 Å². The number of carboxylic acids is 1. The largest absolute Gasteiger partial charge is 0.491 e. The third-order valence-corrected chi connectivity index (χ3v) is 6.24. The minimum atomic E-state index is -1.04. The number of hydrogen-bond acceptors (Lipinski definition) is 5. The highest BCUT2D eigenvalue weighted by molar-refractivity contribution is 6.19. The van der Waals surface area contributed by atoms with E-state index in [2.05, 4.69) is 10.6 Å². The molecular formula is C28H35N3O5. The van der Waals surface area contributed by atoms with Gasteiger partial charge in [0.15, 0.2) is 6.10 Å². The van der Waals surface area contributed by atoms with Crippen LogP contribution in [-0.2, 0) is 11.3 Å². The lowest BCUT2D eigenvalue weighted by molar-refractivity contribution is -0.145. The third kappa shape index (κ3) is 6.09. The van der Waals surface area contributed by atoms with Crippen LogP contribution >= 0.6 is 0 Å². The van der Waals surface area contributed by atoms with E-state index in [1.807, 2.05) is 19.1 Å². The normalized spacial score (nSPS) is 11.9. The fourth-order valence-electron chi connectivity index (χ4n) is 4.52. The van der Waals surface area contributed by atoms with Gasteiger partial charge in [-0.3, -0.25) is 4.79 Å². The zero-order chi connectivity index (χ0) is 26.1. The van der Waals surface area contributed by atoms with Crippen molar-refractivity contribution in [1.82, 2.24) is 4.57 Å². The zero-order valence-corrected chi connectivity index (χ0v) is 21.1. The summed E-state index contributed by atoms with van der Waals surface area (Å²) in [6.07, 6.45) is 5.64. The predicted octanol–water partition coefficient (Wildman–Crippen LogP) is 5.79. The molecule has 1 amide bonds. The molecule has 3 rings (SSSR count). The van der Waals surface area contributed by atoms with Gasteiger partial charge in [0.1, 0.15) is 11.5 Å². The number of primary amides is 1. The Balaban J connectivity index is 2.12. The summed E-state index contributed by atoms with van der Waals surface area (Å²) in [4.78, 5) is 24.0. The van der Waals surface area contributed by atoms with E-state index in [0.717, 1.165) is 61.5 Å². The molecule has 1 heterocycles. The number of aryl methyl sites for hydroxylation is 1. The van der Waals surface area contributed by atoms with Gasteiger partial charge in [-0.25, -0.2) is 4.79 Å². The van der Waals surface area contributed by atoms with Crippen LogP contribution in [0.4, 0.5) is 0 Å². The summed E-state index contributed by atoms with van der Waals surface area (Å²) in [6, 6.07) is 11.2. The van der Waals surface area contributed by atoms with Crippen LogP contribution in [0.5, 0.6) is 11.5 Å². The Labute approximate surface area is 211 Å². The van der Waals surface area contributed by atoms with Gasteiger partial charge in [-0.1, -0.05) is 39.2 Å². The number of nitrogens with zero attached hydrogens (tertiary/aromatic N) is 2. The molecule has 3 N–H and O–H groups in total. The fourth-order valence-corrected chi connectivity index (χ4v) is 4.52. The number of nitriles is 1. The third-order valence-electron chi connectivity index (χ3n) is 6.24. The highest BCUT2D eigenvalue weighted by Gasteiger charge is 2.23. The first-order chi connectivity index (χ1) is 17.4. The second-order valence-electron chi connectivity index (χ2n) is 8.91. The van der Waals surface area contributed by atoms with Crippen molar-refractivity contribution in [3.8, 4) is 17.6 Å². The smallest absolute Gasteiger partial charge is 0.344 e. The van der Waals surface area contributed by atoms with Crippen LogP contribution in [0.3, 0.4) is 0 Å². The minimum Gasteiger partial charge on any atom is -0.491 e. The maximum Gasteiger partial charge on any atom is 0.344 e. The van der Waals surface area contributed by atoms with Gasteiger partial charge >= 0.3 is 5.97 Å². The predicted molar refractivity (Wildman–Crippen MR) is 139 cm³/mol. The van der Waals surface area contributed by atoms with Crippen LogP contribution in [0.25, 0.3) is 21.8 Å². The van der Waals surface area contributed by atoms with Crippen molar-refractivity contribution in [3.05, 3.63) is 35.9 Å². The number of amides is 1. The van der Waals surface area contributed by atoms with Gasteiger partial charge in [-0.2, -0.15) is 5.26 Å². The molecule has 3 aromatic rings. The van der Waals surface area contributed by atoms with Gasteiger partial charge in [0, 0.05) is 35.4 Å². The standard InChI is InChI=1S/C28H35N3O5/c1-3-16-35-24-18-19(36-23(4-2)28(33)34)17-21-25-20(27(30)32)12-11-13-22(25)31(26(21)24)15-10-8-6-5-7-9-14-29/h11-13,17-18,23H,3-10,15-16H2,1-2H3,(H2,30,32)(H,33,34). The van der Waals surface area contributed by atoms with Gasteiger partial charge in [-0.05, 0) is 43.9 Å². The van der Waals surface area contributed by atoms with E-state index in [1.54, 1.807) is 25.1 Å². The molecule has 8 nitrogen and oxygen atoms in total. The summed E-state index contributed by atoms with van der Waals surface area (Å²) in [7, 11) is 0. The molecule has 2 aromatic carbocycles. The monoisotopic (exact) mass is 493 g/mol. The Morgan fingerprint density at radius 2 is 1.89 bits per heavy atom. The summed E-state index contributed by atoms with van der Waals surface area (Å²) < 4.78 is 14.1. The summed E-state index contributed by atoms with van der Waals surface area (Å²) in [5.41, 5.74) is 7.86. The molecule has 0 radical (unpaired) electrons. The lowest BCUT2D eigenvalue weighted by Gasteiger charge is -2.16. The van der Waals surface area contributed by atoms with Gasteiger partial charge in [0.2, 0.25) is 5.91 Å². The number of rotatable bonds is 15. The van der Waals surface area contributed by atoms with E-state index in [1.165, 1.54) is 0 Å². The van der Waals surface area contributed by atoms with Crippen molar-refractivity contribution in [1.29, 1.82) is 5.26 Å². The summed E-state index contributed by atoms with van der Waals surface area (Å²) >= 11 is 0. The average Bonchev–Trinajstić information content (AvgIpc) is 3.18. The number of aliphatic carboxylic acids is 1. The molecule has 192 valence electrons. The number of unbranched alkanes of at least 4 members (excludes halogenated alkanes) is 5. The molecule has 0 aliphatic rings. The van der Waals surface area contributed by atoms with Crippen LogP contribution < -0.4 is 15.2 Å². The number of aromatic nitrogens is 1. The number of nitrogens with two attached hydrogens (primary N) is 1. The summed E-state index contributed by atoms with van der Waals surface area (Å²) in [5.74, 6) is -0.607. The van der Waals surface area contributed by atoms with E-state index < -0.39 is 18.0 Å². The molecule has 0 saturated carbocycles. The second kappa shape index (κ2) is 12.8. The average molecular weight is 494 g/mol. The van der Waals surface area contributed by atoms with Crippen LogP contribution in [0.2, 0.25) is 0 Å². The van der Waals surface area contributed by atoms with Crippen LogP contribution in [-0.4, -0.2) is 34.3 Å². The van der Waals surface area contributed by atoms with Gasteiger partial charge in [0.05, 0.1) is 23.7 Å². The van der Waals surface area contributed by atoms with Crippen LogP contribution in [0, 0.1) is 11.3 Å². The van der Waals surface area contributed by atoms with Gasteiger partial charge < -0.3 is 24.9 Å². The van der Waals surface area contributed by atoms with Crippen molar-refractivity contribution in [2.45, 2.75) is 77.9 Å². The van der Waals surface area contributed by atoms with Crippen molar-refractivity contribution in [2.75, 3.05) is 6.61 Å². The molecule has 1 unspecified atom stereocenters. The van der Waals surface area contributed by atoms with E-state index in [9.17, 15) is 14.7 Å². The first-order valence-electron chi connectivity index (χ1n) is 12.7. The van der Waals surface area contributed by atoms with Crippen molar-refractivity contribution < 1.29 is 24.2 Å². The fraction of sp³-hybridized carbons (Fsp3) is 0.464. The second-order valence-corrected chi connectivity index (χ2v) is 8.91. The number of hydrogen-bond donors (Lipinski definition) is 2. The highest BCUT2D eigenvalue weighted by atomic mass is 16.5. The zero-order valence-electron chi connectivity index (χ0n) is 21.1. The first-order valence-corrected chi connectivity index (χ1v) is 12.7. The molecule has 0 bridgehead atoms. The van der Waals surface area contributed by atoms with Gasteiger partial charge in [0.25, 0.3) is 0 Å². The van der Waals surface area contributed by atoms with Crippen molar-refractivity contribution >= 4 is 33.7 Å². The molecule has 0 fully saturated rings. The van der Waals surface area contributed by atoms with Crippen molar-refractivity contribution in [2.24, 2.45) is 5.73 Å². The highest BCUT2D eigenvalue weighted by Crippen LogP contribution is 2.40. The van der Waals surface area contributed by atoms with Crippen LogP contribution in [0.1, 0.15) is 75.6 Å². The van der Waals surface area contributed by atoms with Crippen molar-refractivity contribution in [3.63, 3.8) is 0 Å². The Kier molecular flexibility index (Phi) is 9.57. The number of fused-ring (bicyclic) bond motifs is 3. The Morgan fingerprint density at radius 3 is 2.56 bits per heavy atom. The van der Waals surface area contributed by atoms with E-state index in [-0.39, 0.29) is 0 Å².